The first-order valence-electron chi connectivity index (χ1n) is 3.18. The topological polar surface area (TPSA) is 35.2 Å². The van der Waals surface area contributed by atoms with E-state index in [9.17, 15) is 0 Å². The van der Waals surface area contributed by atoms with Crippen LogP contribution in [0.3, 0.4) is 0 Å². The van der Waals surface area contributed by atoms with Crippen molar-refractivity contribution in [3.8, 4) is 0 Å². The summed E-state index contributed by atoms with van der Waals surface area (Å²) in [4.78, 5) is 0. The van der Waals surface area contributed by atoms with Gasteiger partial charge in [0.05, 0.1) is 6.61 Å². The number of hydrogen-bond acceptors (Lipinski definition) is 3. The fraction of sp³-hybridized carbons (Fsp3) is 1.00. The monoisotopic (exact) mass is 149 g/mol. The highest BCUT2D eigenvalue weighted by molar-refractivity contribution is 7.81. The summed E-state index contributed by atoms with van der Waals surface area (Å²) in [5.74, 6) is 0. The van der Waals surface area contributed by atoms with Crippen molar-refractivity contribution in [3.05, 3.63) is 0 Å². The van der Waals surface area contributed by atoms with Crippen molar-refractivity contribution >= 4 is 12.6 Å². The molecule has 0 aromatic heterocycles. The van der Waals surface area contributed by atoms with Gasteiger partial charge in [0.2, 0.25) is 0 Å². The SMILES string of the molecule is COCC(S)CCCN. The zero-order valence-corrected chi connectivity index (χ0v) is 6.73. The van der Waals surface area contributed by atoms with Crippen LogP contribution in [0, 0.1) is 0 Å². The second kappa shape index (κ2) is 6.39. The van der Waals surface area contributed by atoms with Crippen molar-refractivity contribution in [1.82, 2.24) is 0 Å². The predicted octanol–water partition coefficient (Wildman–Crippen LogP) is 0.670. The summed E-state index contributed by atoms with van der Waals surface area (Å²) in [7, 11) is 1.69. The van der Waals surface area contributed by atoms with Gasteiger partial charge >= 0.3 is 0 Å². The molecule has 3 heteroatoms. The molecule has 0 saturated heterocycles. The van der Waals surface area contributed by atoms with E-state index in [4.69, 9.17) is 10.5 Å². The van der Waals surface area contributed by atoms with Crippen molar-refractivity contribution in [2.24, 2.45) is 5.73 Å². The lowest BCUT2D eigenvalue weighted by Crippen LogP contribution is -2.09. The van der Waals surface area contributed by atoms with Gasteiger partial charge in [0, 0.05) is 12.4 Å². The summed E-state index contributed by atoms with van der Waals surface area (Å²) >= 11 is 4.26. The molecule has 0 aromatic rings. The number of methoxy groups -OCH3 is 1. The molecule has 2 N–H and O–H groups in total. The van der Waals surface area contributed by atoms with E-state index >= 15 is 0 Å². The fourth-order valence-corrected chi connectivity index (χ4v) is 0.961. The van der Waals surface area contributed by atoms with Gasteiger partial charge in [-0.2, -0.15) is 12.6 Å². The number of hydrogen-bond donors (Lipinski definition) is 2. The molecule has 0 heterocycles. The molecule has 0 fully saturated rings. The highest BCUT2D eigenvalue weighted by Crippen LogP contribution is 2.03. The smallest absolute Gasteiger partial charge is 0.0578 e. The lowest BCUT2D eigenvalue weighted by Gasteiger charge is -2.06. The van der Waals surface area contributed by atoms with Gasteiger partial charge in [-0.05, 0) is 19.4 Å². The maximum absolute atomic E-state index is 5.30. The van der Waals surface area contributed by atoms with Crippen LogP contribution in [-0.4, -0.2) is 25.5 Å². The standard InChI is InChI=1S/C6H15NOS/c1-8-5-6(9)3-2-4-7/h6,9H,2-5,7H2,1H3. The molecule has 0 spiro atoms. The van der Waals surface area contributed by atoms with Crippen LogP contribution >= 0.6 is 12.6 Å². The van der Waals surface area contributed by atoms with E-state index in [-0.39, 0.29) is 0 Å². The van der Waals surface area contributed by atoms with E-state index in [1.165, 1.54) is 0 Å². The molecule has 0 aliphatic heterocycles. The maximum atomic E-state index is 5.30. The van der Waals surface area contributed by atoms with Crippen LogP contribution in [0.5, 0.6) is 0 Å². The van der Waals surface area contributed by atoms with Gasteiger partial charge in [-0.1, -0.05) is 0 Å². The van der Waals surface area contributed by atoms with Gasteiger partial charge < -0.3 is 10.5 Å². The summed E-state index contributed by atoms with van der Waals surface area (Å²) in [6.07, 6.45) is 2.09. The minimum absolute atomic E-state index is 0.360. The van der Waals surface area contributed by atoms with Gasteiger partial charge in [-0.15, -0.1) is 0 Å². The van der Waals surface area contributed by atoms with Crippen molar-refractivity contribution < 1.29 is 4.74 Å². The molecule has 1 unspecified atom stereocenters. The third-order valence-electron chi connectivity index (χ3n) is 1.10. The zero-order valence-electron chi connectivity index (χ0n) is 5.84. The molecular formula is C6H15NOS. The summed E-state index contributed by atoms with van der Waals surface area (Å²) in [5, 5.41) is 0.360. The number of ether oxygens (including phenoxy) is 1. The fourth-order valence-electron chi connectivity index (χ4n) is 0.629. The minimum Gasteiger partial charge on any atom is -0.384 e. The molecule has 9 heavy (non-hydrogen) atoms. The van der Waals surface area contributed by atoms with Crippen LogP contribution in [0.4, 0.5) is 0 Å². The average Bonchev–Trinajstić information content (AvgIpc) is 1.85. The molecule has 0 aromatic carbocycles. The van der Waals surface area contributed by atoms with Crippen LogP contribution in [0.2, 0.25) is 0 Å². The third-order valence-corrected chi connectivity index (χ3v) is 1.51. The van der Waals surface area contributed by atoms with Crippen LogP contribution in [0.25, 0.3) is 0 Å². The zero-order chi connectivity index (χ0) is 7.11. The molecule has 0 aliphatic carbocycles. The van der Waals surface area contributed by atoms with Crippen molar-refractivity contribution in [1.29, 1.82) is 0 Å². The van der Waals surface area contributed by atoms with E-state index in [0.717, 1.165) is 26.0 Å². The molecular weight excluding hydrogens is 134 g/mol. The first-order valence-corrected chi connectivity index (χ1v) is 3.70. The average molecular weight is 149 g/mol. The lowest BCUT2D eigenvalue weighted by molar-refractivity contribution is 0.197. The molecule has 56 valence electrons. The lowest BCUT2D eigenvalue weighted by atomic mass is 10.2. The largest absolute Gasteiger partial charge is 0.384 e. The Kier molecular flexibility index (Phi) is 6.58. The Bertz CT molecular complexity index is 61.0. The van der Waals surface area contributed by atoms with Crippen molar-refractivity contribution in [2.45, 2.75) is 18.1 Å². The second-order valence-electron chi connectivity index (χ2n) is 2.04. The Morgan fingerprint density at radius 1 is 1.67 bits per heavy atom. The second-order valence-corrected chi connectivity index (χ2v) is 2.77. The van der Waals surface area contributed by atoms with E-state index in [1.807, 2.05) is 0 Å². The summed E-state index contributed by atoms with van der Waals surface area (Å²) in [6, 6.07) is 0. The molecule has 0 bridgehead atoms. The van der Waals surface area contributed by atoms with Crippen LogP contribution in [0.1, 0.15) is 12.8 Å². The Hall–Kier alpha value is 0.270. The predicted molar refractivity (Wildman–Crippen MR) is 42.9 cm³/mol. The van der Waals surface area contributed by atoms with Crippen LogP contribution in [-0.2, 0) is 4.74 Å². The number of nitrogens with two attached hydrogens (primary N) is 1. The van der Waals surface area contributed by atoms with Crippen LogP contribution in [0.15, 0.2) is 0 Å². The van der Waals surface area contributed by atoms with Crippen molar-refractivity contribution in [2.75, 3.05) is 20.3 Å². The van der Waals surface area contributed by atoms with Gasteiger partial charge in [0.15, 0.2) is 0 Å². The Morgan fingerprint density at radius 2 is 2.33 bits per heavy atom. The molecule has 0 aliphatic rings. The Labute approximate surface area is 62.2 Å². The van der Waals surface area contributed by atoms with Crippen LogP contribution < -0.4 is 5.73 Å². The van der Waals surface area contributed by atoms with E-state index in [0.29, 0.717) is 5.25 Å². The number of thiol groups is 1. The van der Waals surface area contributed by atoms with Gasteiger partial charge in [-0.25, -0.2) is 0 Å². The normalized spacial score (nSPS) is 13.7. The molecule has 1 atom stereocenters. The minimum atomic E-state index is 0.360. The van der Waals surface area contributed by atoms with E-state index in [2.05, 4.69) is 12.6 Å². The first kappa shape index (κ1) is 9.27. The summed E-state index contributed by atoms with van der Waals surface area (Å²) in [6.45, 7) is 1.48. The van der Waals surface area contributed by atoms with Gasteiger partial charge in [-0.3, -0.25) is 0 Å². The Balaban J connectivity index is 2.95. The summed E-state index contributed by atoms with van der Waals surface area (Å²) < 4.78 is 4.88. The molecule has 0 rings (SSSR count). The Morgan fingerprint density at radius 3 is 2.78 bits per heavy atom. The quantitative estimate of drug-likeness (QED) is 0.564. The maximum Gasteiger partial charge on any atom is 0.0578 e. The molecule has 0 saturated carbocycles. The van der Waals surface area contributed by atoms with Gasteiger partial charge in [0.25, 0.3) is 0 Å². The number of rotatable bonds is 5. The van der Waals surface area contributed by atoms with Crippen molar-refractivity contribution in [3.63, 3.8) is 0 Å². The van der Waals surface area contributed by atoms with E-state index < -0.39 is 0 Å². The summed E-state index contributed by atoms with van der Waals surface area (Å²) in [5.41, 5.74) is 5.30. The first-order chi connectivity index (χ1) is 4.31. The third kappa shape index (κ3) is 6.15. The van der Waals surface area contributed by atoms with E-state index in [1.54, 1.807) is 7.11 Å². The van der Waals surface area contributed by atoms with Gasteiger partial charge in [0.1, 0.15) is 0 Å². The highest BCUT2D eigenvalue weighted by Gasteiger charge is 1.99. The molecule has 2 nitrogen and oxygen atoms in total. The molecule has 0 radical (unpaired) electrons. The molecule has 0 amide bonds. The highest BCUT2D eigenvalue weighted by atomic mass is 32.1.